The number of likely N-dealkylation sites (N-methyl/N-ethyl adjacent to an activating group) is 1. The van der Waals surface area contributed by atoms with Crippen LogP contribution in [0, 0.1) is 0 Å². The van der Waals surface area contributed by atoms with E-state index in [2.05, 4.69) is 17.0 Å². The fraction of sp³-hybridized carbons (Fsp3) is 0.650. The van der Waals surface area contributed by atoms with Crippen molar-refractivity contribution in [2.75, 3.05) is 40.4 Å². The first-order valence-electron chi connectivity index (χ1n) is 9.45. The molecule has 144 valence electrons. The van der Waals surface area contributed by atoms with Crippen molar-refractivity contribution >= 4 is 6.09 Å². The molecule has 2 heterocycles. The average Bonchev–Trinajstić information content (AvgIpc) is 2.79. The van der Waals surface area contributed by atoms with Crippen molar-refractivity contribution in [1.29, 1.82) is 0 Å². The molecule has 0 aromatic heterocycles. The maximum absolute atomic E-state index is 11.8. The molecule has 6 nitrogen and oxygen atoms in total. The van der Waals surface area contributed by atoms with E-state index in [0.29, 0.717) is 19.8 Å². The minimum absolute atomic E-state index is 0.186. The molecule has 0 N–H and O–H groups in total. The van der Waals surface area contributed by atoms with Crippen LogP contribution in [0.4, 0.5) is 4.79 Å². The molecule has 1 unspecified atom stereocenters. The SMILES string of the molecule is CCOCc1cc(CN2CCCC3(CC2)CN(C)C(=O)O3)ccc1OC. The Bertz CT molecular complexity index is 636. The van der Waals surface area contributed by atoms with E-state index in [4.69, 9.17) is 14.2 Å². The number of methoxy groups -OCH3 is 1. The Kier molecular flexibility index (Phi) is 6.04. The molecule has 0 aliphatic carbocycles. The van der Waals surface area contributed by atoms with Crippen molar-refractivity contribution in [3.8, 4) is 5.75 Å². The zero-order valence-corrected chi connectivity index (χ0v) is 16.1. The molecule has 6 heteroatoms. The topological polar surface area (TPSA) is 51.2 Å². The largest absolute Gasteiger partial charge is 0.496 e. The van der Waals surface area contributed by atoms with Gasteiger partial charge in [0.25, 0.3) is 0 Å². The lowest BCUT2D eigenvalue weighted by Crippen LogP contribution is -2.35. The lowest BCUT2D eigenvalue weighted by molar-refractivity contribution is 0.0443. The molecule has 1 aromatic carbocycles. The Balaban J connectivity index is 1.63. The summed E-state index contributed by atoms with van der Waals surface area (Å²) in [6, 6.07) is 6.33. The molecule has 2 aliphatic heterocycles. The number of hydrogen-bond donors (Lipinski definition) is 0. The standard InChI is InChI=1S/C20H30N2O4/c1-4-25-14-17-12-16(6-7-18(17)24-3)13-22-10-5-8-20(9-11-22)15-21(2)19(23)26-20/h6-7,12H,4-5,8-11,13-15H2,1-3H3. The van der Waals surface area contributed by atoms with Crippen LogP contribution in [-0.4, -0.2) is 61.9 Å². The number of benzene rings is 1. The second-order valence-electron chi connectivity index (χ2n) is 7.32. The fourth-order valence-electron chi connectivity index (χ4n) is 3.95. The lowest BCUT2D eigenvalue weighted by Gasteiger charge is -2.25. The number of carbonyl (C=O) groups is 1. The Morgan fingerprint density at radius 1 is 1.27 bits per heavy atom. The second kappa shape index (κ2) is 8.27. The third-order valence-electron chi connectivity index (χ3n) is 5.34. The van der Waals surface area contributed by atoms with Gasteiger partial charge in [-0.3, -0.25) is 4.90 Å². The van der Waals surface area contributed by atoms with E-state index in [1.165, 1.54) is 5.56 Å². The minimum Gasteiger partial charge on any atom is -0.496 e. The zero-order chi connectivity index (χ0) is 18.6. The molecule has 1 aromatic rings. The van der Waals surface area contributed by atoms with Crippen molar-refractivity contribution in [3.63, 3.8) is 0 Å². The van der Waals surface area contributed by atoms with E-state index < -0.39 is 0 Å². The molecule has 3 rings (SSSR count). The molecule has 0 radical (unpaired) electrons. The summed E-state index contributed by atoms with van der Waals surface area (Å²) in [5.74, 6) is 0.873. The molecule has 1 atom stereocenters. The molecule has 2 fully saturated rings. The van der Waals surface area contributed by atoms with Crippen LogP contribution >= 0.6 is 0 Å². The minimum atomic E-state index is -0.291. The third kappa shape index (κ3) is 4.30. The fourth-order valence-corrected chi connectivity index (χ4v) is 3.95. The van der Waals surface area contributed by atoms with Gasteiger partial charge in [-0.1, -0.05) is 6.07 Å². The smallest absolute Gasteiger partial charge is 0.410 e. The van der Waals surface area contributed by atoms with Gasteiger partial charge in [-0.15, -0.1) is 0 Å². The van der Waals surface area contributed by atoms with Crippen LogP contribution in [0.1, 0.15) is 37.3 Å². The van der Waals surface area contributed by atoms with Crippen molar-refractivity contribution in [2.45, 2.75) is 44.9 Å². The average molecular weight is 362 g/mol. The quantitative estimate of drug-likeness (QED) is 0.779. The molecular weight excluding hydrogens is 332 g/mol. The molecule has 1 spiro atoms. The number of carbonyl (C=O) groups excluding carboxylic acids is 1. The highest BCUT2D eigenvalue weighted by molar-refractivity contribution is 5.70. The van der Waals surface area contributed by atoms with Crippen LogP contribution in [0.5, 0.6) is 5.75 Å². The number of amides is 1. The van der Waals surface area contributed by atoms with Crippen LogP contribution in [0.2, 0.25) is 0 Å². The van der Waals surface area contributed by atoms with E-state index in [1.807, 2.05) is 20.0 Å². The molecule has 0 saturated carbocycles. The molecule has 2 saturated heterocycles. The summed E-state index contributed by atoms with van der Waals surface area (Å²) in [7, 11) is 3.51. The van der Waals surface area contributed by atoms with Gasteiger partial charge in [0.15, 0.2) is 0 Å². The summed E-state index contributed by atoms with van der Waals surface area (Å²) in [4.78, 5) is 15.9. The van der Waals surface area contributed by atoms with Crippen LogP contribution in [0.15, 0.2) is 18.2 Å². The Morgan fingerprint density at radius 3 is 2.81 bits per heavy atom. The summed E-state index contributed by atoms with van der Waals surface area (Å²) >= 11 is 0. The summed E-state index contributed by atoms with van der Waals surface area (Å²) in [6.45, 7) is 6.82. The molecule has 1 amide bonds. The third-order valence-corrected chi connectivity index (χ3v) is 5.34. The van der Waals surface area contributed by atoms with Gasteiger partial charge in [0, 0.05) is 38.7 Å². The van der Waals surface area contributed by atoms with Crippen LogP contribution in [-0.2, 0) is 22.6 Å². The predicted octanol–water partition coefficient (Wildman–Crippen LogP) is 3.04. The monoisotopic (exact) mass is 362 g/mol. The highest BCUT2D eigenvalue weighted by Crippen LogP contribution is 2.33. The summed E-state index contributed by atoms with van der Waals surface area (Å²) < 4.78 is 16.7. The van der Waals surface area contributed by atoms with Crippen molar-refractivity contribution in [1.82, 2.24) is 9.80 Å². The lowest BCUT2D eigenvalue weighted by atomic mass is 9.95. The van der Waals surface area contributed by atoms with Gasteiger partial charge in [0.05, 0.1) is 20.3 Å². The van der Waals surface area contributed by atoms with E-state index in [-0.39, 0.29) is 11.7 Å². The summed E-state index contributed by atoms with van der Waals surface area (Å²) in [6.07, 6.45) is 2.69. The first-order chi connectivity index (χ1) is 12.5. The first-order valence-corrected chi connectivity index (χ1v) is 9.45. The van der Waals surface area contributed by atoms with Gasteiger partial charge in [-0.2, -0.15) is 0 Å². The second-order valence-corrected chi connectivity index (χ2v) is 7.32. The first kappa shape index (κ1) is 19.0. The van der Waals surface area contributed by atoms with Gasteiger partial charge < -0.3 is 19.1 Å². The van der Waals surface area contributed by atoms with Crippen LogP contribution in [0.25, 0.3) is 0 Å². The van der Waals surface area contributed by atoms with Gasteiger partial charge in [0.1, 0.15) is 11.4 Å². The highest BCUT2D eigenvalue weighted by Gasteiger charge is 2.44. The van der Waals surface area contributed by atoms with E-state index in [9.17, 15) is 4.79 Å². The zero-order valence-electron chi connectivity index (χ0n) is 16.1. The van der Waals surface area contributed by atoms with Crippen LogP contribution < -0.4 is 4.74 Å². The normalized spacial score (nSPS) is 24.0. The highest BCUT2D eigenvalue weighted by atomic mass is 16.6. The van der Waals surface area contributed by atoms with Crippen molar-refractivity contribution in [2.24, 2.45) is 0 Å². The Labute approximate surface area is 156 Å². The predicted molar refractivity (Wildman–Crippen MR) is 99.3 cm³/mol. The van der Waals surface area contributed by atoms with E-state index in [0.717, 1.165) is 50.2 Å². The van der Waals surface area contributed by atoms with Crippen LogP contribution in [0.3, 0.4) is 0 Å². The maximum Gasteiger partial charge on any atom is 0.410 e. The molecule has 26 heavy (non-hydrogen) atoms. The Hall–Kier alpha value is -1.79. The van der Waals surface area contributed by atoms with Gasteiger partial charge in [-0.05, 0) is 44.0 Å². The number of likely N-dealkylation sites (tertiary alicyclic amines) is 1. The van der Waals surface area contributed by atoms with Gasteiger partial charge >= 0.3 is 6.09 Å². The molecular formula is C20H30N2O4. The van der Waals surface area contributed by atoms with Crippen molar-refractivity contribution in [3.05, 3.63) is 29.3 Å². The number of ether oxygens (including phenoxy) is 3. The number of hydrogen-bond acceptors (Lipinski definition) is 5. The maximum atomic E-state index is 11.8. The summed E-state index contributed by atoms with van der Waals surface area (Å²) in [5.41, 5.74) is 2.06. The van der Waals surface area contributed by atoms with Gasteiger partial charge in [0.2, 0.25) is 0 Å². The Morgan fingerprint density at radius 2 is 2.12 bits per heavy atom. The van der Waals surface area contributed by atoms with E-state index in [1.54, 1.807) is 12.0 Å². The summed E-state index contributed by atoms with van der Waals surface area (Å²) in [5, 5.41) is 0. The number of nitrogens with zero attached hydrogens (tertiary/aromatic N) is 2. The molecule has 0 bridgehead atoms. The van der Waals surface area contributed by atoms with Crippen molar-refractivity contribution < 1.29 is 19.0 Å². The molecule has 2 aliphatic rings. The van der Waals surface area contributed by atoms with E-state index >= 15 is 0 Å². The van der Waals surface area contributed by atoms with Gasteiger partial charge in [-0.25, -0.2) is 4.79 Å². The number of rotatable bonds is 6.